The number of hydrogen-bond acceptors (Lipinski definition) is 4. The van der Waals surface area contributed by atoms with Gasteiger partial charge in [-0.1, -0.05) is 0 Å². The van der Waals surface area contributed by atoms with Gasteiger partial charge in [0.25, 0.3) is 0 Å². The summed E-state index contributed by atoms with van der Waals surface area (Å²) in [5.41, 5.74) is 2.16. The van der Waals surface area contributed by atoms with Gasteiger partial charge in [0, 0.05) is 18.6 Å². The monoisotopic (exact) mass is 259 g/mol. The SMILES string of the molecule is CC(C)(C)N(CC(=O)O)C(=O)NN1CCOCC1. The normalized spacial score (nSPS) is 17.3. The van der Waals surface area contributed by atoms with Crippen molar-refractivity contribution in [1.82, 2.24) is 15.3 Å². The van der Waals surface area contributed by atoms with Crippen molar-refractivity contribution >= 4 is 12.0 Å². The zero-order valence-electron chi connectivity index (χ0n) is 11.1. The van der Waals surface area contributed by atoms with Gasteiger partial charge in [-0.25, -0.2) is 9.80 Å². The molecule has 1 fully saturated rings. The molecule has 0 aromatic rings. The van der Waals surface area contributed by atoms with Crippen molar-refractivity contribution in [1.29, 1.82) is 0 Å². The Hall–Kier alpha value is -1.34. The summed E-state index contributed by atoms with van der Waals surface area (Å²) in [4.78, 5) is 24.2. The predicted octanol–water partition coefficient (Wildman–Crippen LogP) is 0.128. The van der Waals surface area contributed by atoms with Crippen molar-refractivity contribution in [3.63, 3.8) is 0 Å². The maximum absolute atomic E-state index is 12.1. The minimum absolute atomic E-state index is 0.320. The summed E-state index contributed by atoms with van der Waals surface area (Å²) in [7, 11) is 0. The van der Waals surface area contributed by atoms with Crippen LogP contribution in [0, 0.1) is 0 Å². The van der Waals surface area contributed by atoms with E-state index in [2.05, 4.69) is 5.43 Å². The fourth-order valence-electron chi connectivity index (χ4n) is 1.62. The molecule has 2 N–H and O–H groups in total. The highest BCUT2D eigenvalue weighted by Gasteiger charge is 2.29. The van der Waals surface area contributed by atoms with Crippen molar-refractivity contribution in [3.8, 4) is 0 Å². The van der Waals surface area contributed by atoms with E-state index in [1.165, 1.54) is 4.90 Å². The second-order valence-electron chi connectivity index (χ2n) is 5.17. The van der Waals surface area contributed by atoms with E-state index in [0.29, 0.717) is 26.3 Å². The number of ether oxygens (including phenoxy) is 1. The van der Waals surface area contributed by atoms with Crippen LogP contribution in [0.1, 0.15) is 20.8 Å². The Balaban J connectivity index is 2.61. The number of amides is 2. The first kappa shape index (κ1) is 14.7. The van der Waals surface area contributed by atoms with Gasteiger partial charge in [0.15, 0.2) is 0 Å². The Labute approximate surface area is 107 Å². The molecule has 1 rings (SSSR count). The maximum atomic E-state index is 12.1. The lowest BCUT2D eigenvalue weighted by Gasteiger charge is -2.37. The lowest BCUT2D eigenvalue weighted by molar-refractivity contribution is -0.138. The van der Waals surface area contributed by atoms with Gasteiger partial charge in [-0.3, -0.25) is 10.2 Å². The molecule has 1 aliphatic rings. The number of urea groups is 1. The second-order valence-corrected chi connectivity index (χ2v) is 5.17. The number of rotatable bonds is 3. The average molecular weight is 259 g/mol. The van der Waals surface area contributed by atoms with Gasteiger partial charge in [0.2, 0.25) is 0 Å². The number of nitrogens with zero attached hydrogens (tertiary/aromatic N) is 2. The Morgan fingerprint density at radius 1 is 1.33 bits per heavy atom. The molecule has 0 aliphatic carbocycles. The van der Waals surface area contributed by atoms with E-state index in [1.807, 2.05) is 0 Å². The van der Waals surface area contributed by atoms with Gasteiger partial charge in [0.05, 0.1) is 13.2 Å². The van der Waals surface area contributed by atoms with E-state index in [-0.39, 0.29) is 6.54 Å². The first-order chi connectivity index (χ1) is 8.30. The number of carboxylic acids is 1. The number of morpholine rings is 1. The molecule has 0 radical (unpaired) electrons. The largest absolute Gasteiger partial charge is 0.480 e. The van der Waals surface area contributed by atoms with Crippen LogP contribution in [0.2, 0.25) is 0 Å². The summed E-state index contributed by atoms with van der Waals surface area (Å²) in [6.07, 6.45) is 0. The molecule has 1 aliphatic heterocycles. The van der Waals surface area contributed by atoms with Crippen LogP contribution in [-0.2, 0) is 9.53 Å². The number of hydrazine groups is 1. The smallest absolute Gasteiger partial charge is 0.332 e. The number of carbonyl (C=O) groups excluding carboxylic acids is 1. The molecule has 1 heterocycles. The molecule has 0 bridgehead atoms. The van der Waals surface area contributed by atoms with Crippen LogP contribution in [0.3, 0.4) is 0 Å². The standard InChI is InChI=1S/C11H21N3O4/c1-11(2,3)14(8-9(15)16)10(17)12-13-4-6-18-7-5-13/h4-8H2,1-3H3,(H,12,17)(H,15,16). The lowest BCUT2D eigenvalue weighted by Crippen LogP contribution is -2.58. The Morgan fingerprint density at radius 3 is 2.33 bits per heavy atom. The van der Waals surface area contributed by atoms with Gasteiger partial charge in [-0.15, -0.1) is 0 Å². The van der Waals surface area contributed by atoms with Crippen LogP contribution in [0.5, 0.6) is 0 Å². The molecule has 0 aromatic carbocycles. The highest BCUT2D eigenvalue weighted by Crippen LogP contribution is 2.13. The van der Waals surface area contributed by atoms with Crippen LogP contribution < -0.4 is 5.43 Å². The molecule has 7 nitrogen and oxygen atoms in total. The van der Waals surface area contributed by atoms with Gasteiger partial charge in [-0.05, 0) is 20.8 Å². The summed E-state index contributed by atoms with van der Waals surface area (Å²) < 4.78 is 5.17. The molecule has 2 amide bonds. The molecule has 0 unspecified atom stereocenters. The van der Waals surface area contributed by atoms with Gasteiger partial charge in [-0.2, -0.15) is 0 Å². The fraction of sp³-hybridized carbons (Fsp3) is 0.818. The van der Waals surface area contributed by atoms with Gasteiger partial charge in [0.1, 0.15) is 6.54 Å². The maximum Gasteiger partial charge on any atom is 0.332 e. The fourth-order valence-corrected chi connectivity index (χ4v) is 1.62. The minimum Gasteiger partial charge on any atom is -0.480 e. The van der Waals surface area contributed by atoms with Crippen LogP contribution in [0.15, 0.2) is 0 Å². The summed E-state index contributed by atoms with van der Waals surface area (Å²) >= 11 is 0. The van der Waals surface area contributed by atoms with Crippen LogP contribution >= 0.6 is 0 Å². The minimum atomic E-state index is -1.03. The highest BCUT2D eigenvalue weighted by atomic mass is 16.5. The Bertz CT molecular complexity index is 308. The van der Waals surface area contributed by atoms with Crippen LogP contribution in [-0.4, -0.2) is 65.4 Å². The number of aliphatic carboxylic acids is 1. The molecule has 0 spiro atoms. The summed E-state index contributed by atoms with van der Waals surface area (Å²) in [5.74, 6) is -1.03. The molecule has 0 aromatic heterocycles. The van der Waals surface area contributed by atoms with Gasteiger partial charge < -0.3 is 14.7 Å². The summed E-state index contributed by atoms with van der Waals surface area (Å²) in [6, 6.07) is -0.396. The number of carboxylic acid groups (broad SMARTS) is 1. The number of hydrogen-bond donors (Lipinski definition) is 2. The third-order valence-electron chi connectivity index (χ3n) is 2.61. The molecule has 104 valence electrons. The molecule has 0 saturated carbocycles. The average Bonchev–Trinajstić information content (AvgIpc) is 2.25. The summed E-state index contributed by atoms with van der Waals surface area (Å²) in [6.45, 7) is 7.43. The van der Waals surface area contributed by atoms with E-state index in [1.54, 1.807) is 25.8 Å². The van der Waals surface area contributed by atoms with Crippen LogP contribution in [0.4, 0.5) is 4.79 Å². The van der Waals surface area contributed by atoms with Crippen LogP contribution in [0.25, 0.3) is 0 Å². The van der Waals surface area contributed by atoms with Crippen molar-refractivity contribution in [2.45, 2.75) is 26.3 Å². The highest BCUT2D eigenvalue weighted by molar-refractivity contribution is 5.80. The third-order valence-corrected chi connectivity index (χ3v) is 2.61. The van der Waals surface area contributed by atoms with Crippen molar-refractivity contribution in [2.75, 3.05) is 32.8 Å². The van der Waals surface area contributed by atoms with Gasteiger partial charge >= 0.3 is 12.0 Å². The van der Waals surface area contributed by atoms with E-state index < -0.39 is 17.5 Å². The summed E-state index contributed by atoms with van der Waals surface area (Å²) in [5, 5.41) is 10.6. The molecule has 0 atom stereocenters. The predicted molar refractivity (Wildman–Crippen MR) is 65.0 cm³/mol. The van der Waals surface area contributed by atoms with Crippen molar-refractivity contribution in [3.05, 3.63) is 0 Å². The molecule has 7 heteroatoms. The van der Waals surface area contributed by atoms with E-state index in [4.69, 9.17) is 9.84 Å². The quantitative estimate of drug-likeness (QED) is 0.752. The molecule has 1 saturated heterocycles. The van der Waals surface area contributed by atoms with E-state index >= 15 is 0 Å². The van der Waals surface area contributed by atoms with Crippen molar-refractivity contribution < 1.29 is 19.4 Å². The van der Waals surface area contributed by atoms with Crippen molar-refractivity contribution in [2.24, 2.45) is 0 Å². The topological polar surface area (TPSA) is 82.1 Å². The first-order valence-electron chi connectivity index (χ1n) is 5.93. The zero-order valence-corrected chi connectivity index (χ0v) is 11.1. The second kappa shape index (κ2) is 6.01. The molecular formula is C11H21N3O4. The Morgan fingerprint density at radius 2 is 1.89 bits per heavy atom. The number of nitrogens with one attached hydrogen (secondary N) is 1. The zero-order chi connectivity index (χ0) is 13.8. The van der Waals surface area contributed by atoms with E-state index in [9.17, 15) is 9.59 Å². The van der Waals surface area contributed by atoms with E-state index in [0.717, 1.165) is 0 Å². The first-order valence-corrected chi connectivity index (χ1v) is 5.93. The Kier molecular flexibility index (Phi) is 4.92. The lowest BCUT2D eigenvalue weighted by atomic mass is 10.1. The third kappa shape index (κ3) is 4.50. The molecular weight excluding hydrogens is 238 g/mol. The molecule has 18 heavy (non-hydrogen) atoms. The number of carbonyl (C=O) groups is 2.